The maximum atomic E-state index is 6.44. The molecule has 1 aliphatic carbocycles. The van der Waals surface area contributed by atoms with Crippen molar-refractivity contribution in [3.63, 3.8) is 0 Å². The monoisotopic (exact) mass is 395 g/mol. The van der Waals surface area contributed by atoms with Crippen molar-refractivity contribution in [2.45, 2.75) is 44.2 Å². The maximum absolute atomic E-state index is 6.44. The number of fused-ring (bicyclic) bond motifs is 1. The number of rotatable bonds is 4. The Morgan fingerprint density at radius 3 is 2.78 bits per heavy atom. The van der Waals surface area contributed by atoms with Gasteiger partial charge in [-0.25, -0.2) is 4.98 Å². The molecular formula is C22H22ClN3S. The lowest BCUT2D eigenvalue weighted by atomic mass is 9.83. The number of aromatic nitrogens is 1. The third-order valence-electron chi connectivity index (χ3n) is 5.26. The van der Waals surface area contributed by atoms with Crippen LogP contribution in [0.1, 0.15) is 47.6 Å². The van der Waals surface area contributed by atoms with Gasteiger partial charge in [0, 0.05) is 29.4 Å². The second-order valence-corrected chi connectivity index (χ2v) is 8.49. The minimum atomic E-state index is 0.162. The van der Waals surface area contributed by atoms with Crippen LogP contribution in [-0.4, -0.2) is 11.0 Å². The number of thiophene rings is 1. The highest BCUT2D eigenvalue weighted by atomic mass is 35.5. The first-order valence-corrected chi connectivity index (χ1v) is 10.5. The van der Waals surface area contributed by atoms with Crippen LogP contribution in [0.3, 0.4) is 0 Å². The van der Waals surface area contributed by atoms with E-state index in [1.165, 1.54) is 23.3 Å². The quantitative estimate of drug-likeness (QED) is 0.451. The Labute approximate surface area is 169 Å². The van der Waals surface area contributed by atoms with Gasteiger partial charge in [0.1, 0.15) is 10.7 Å². The molecule has 1 aliphatic rings. The summed E-state index contributed by atoms with van der Waals surface area (Å²) in [5, 5.41) is 3.96. The van der Waals surface area contributed by atoms with Crippen LogP contribution in [0.2, 0.25) is 5.15 Å². The molecule has 1 aromatic carbocycles. The Bertz CT molecular complexity index is 990. The van der Waals surface area contributed by atoms with Gasteiger partial charge in [0.2, 0.25) is 0 Å². The smallest absolute Gasteiger partial charge is 0.131 e. The molecule has 5 heteroatoms. The topological polar surface area (TPSA) is 50.9 Å². The molecule has 0 radical (unpaired) electrons. The summed E-state index contributed by atoms with van der Waals surface area (Å²) in [5.41, 5.74) is 10.3. The van der Waals surface area contributed by atoms with Gasteiger partial charge in [-0.05, 0) is 18.4 Å². The van der Waals surface area contributed by atoms with Gasteiger partial charge in [-0.15, -0.1) is 17.8 Å². The van der Waals surface area contributed by atoms with Gasteiger partial charge in [0.15, 0.2) is 0 Å². The normalized spacial score (nSPS) is 19.7. The van der Waals surface area contributed by atoms with Gasteiger partial charge < -0.3 is 11.1 Å². The Kier molecular flexibility index (Phi) is 5.36. The predicted octanol–water partition coefficient (Wildman–Crippen LogP) is 5.53. The van der Waals surface area contributed by atoms with E-state index in [9.17, 15) is 0 Å². The van der Waals surface area contributed by atoms with Crippen LogP contribution in [0.15, 0.2) is 36.4 Å². The molecule has 3 nitrogen and oxygen atoms in total. The van der Waals surface area contributed by atoms with Crippen LogP contribution in [0, 0.1) is 12.3 Å². The van der Waals surface area contributed by atoms with E-state index in [0.717, 1.165) is 40.9 Å². The molecule has 0 unspecified atom stereocenters. The summed E-state index contributed by atoms with van der Waals surface area (Å²) in [6.45, 7) is 0.720. The molecule has 0 aliphatic heterocycles. The van der Waals surface area contributed by atoms with Crippen LogP contribution in [0.5, 0.6) is 0 Å². The van der Waals surface area contributed by atoms with Crippen molar-refractivity contribution < 1.29 is 0 Å². The van der Waals surface area contributed by atoms with E-state index in [0.29, 0.717) is 11.1 Å². The molecule has 27 heavy (non-hydrogen) atoms. The van der Waals surface area contributed by atoms with Crippen LogP contribution in [-0.2, 0) is 6.54 Å². The van der Waals surface area contributed by atoms with E-state index in [1.54, 1.807) is 11.3 Å². The summed E-state index contributed by atoms with van der Waals surface area (Å²) in [6, 6.07) is 12.3. The van der Waals surface area contributed by atoms with Crippen LogP contribution >= 0.6 is 22.9 Å². The van der Waals surface area contributed by atoms with Crippen LogP contribution in [0.4, 0.5) is 5.69 Å². The fourth-order valence-corrected chi connectivity index (χ4v) is 5.46. The number of terminal acetylenes is 1. The summed E-state index contributed by atoms with van der Waals surface area (Å²) in [4.78, 5) is 5.75. The average molecular weight is 396 g/mol. The lowest BCUT2D eigenvalue weighted by molar-refractivity contribution is 0.389. The summed E-state index contributed by atoms with van der Waals surface area (Å²) >= 11 is 8.04. The van der Waals surface area contributed by atoms with E-state index < -0.39 is 0 Å². The fraction of sp³-hybridized carbons (Fsp3) is 0.318. The highest BCUT2D eigenvalue weighted by Crippen LogP contribution is 2.43. The molecule has 2 aromatic heterocycles. The average Bonchev–Trinajstić information content (AvgIpc) is 3.05. The number of hydrogen-bond donors (Lipinski definition) is 2. The first-order chi connectivity index (χ1) is 13.2. The third-order valence-corrected chi connectivity index (χ3v) is 6.80. The van der Waals surface area contributed by atoms with Crippen molar-refractivity contribution in [3.05, 3.63) is 57.6 Å². The largest absolute Gasteiger partial charge is 0.380 e. The zero-order valence-corrected chi connectivity index (χ0v) is 16.6. The van der Waals surface area contributed by atoms with E-state index in [4.69, 9.17) is 23.8 Å². The number of halogens is 1. The van der Waals surface area contributed by atoms with E-state index in [1.807, 2.05) is 24.3 Å². The number of nitrogens with zero attached hydrogens (tertiary/aromatic N) is 1. The molecule has 138 valence electrons. The van der Waals surface area contributed by atoms with Gasteiger partial charge in [0.05, 0.1) is 16.0 Å². The summed E-state index contributed by atoms with van der Waals surface area (Å²) < 4.78 is 1.07. The molecule has 1 saturated carbocycles. The SMILES string of the molecule is C#Cc1c([C@H]2CCCC[C@@H]2N)sc2c(NCc3ccccc3)cc(Cl)nc12. The summed E-state index contributed by atoms with van der Waals surface area (Å²) in [6.07, 6.45) is 10.4. The molecule has 0 bridgehead atoms. The second-order valence-electron chi connectivity index (χ2n) is 7.05. The van der Waals surface area contributed by atoms with Gasteiger partial charge >= 0.3 is 0 Å². The lowest BCUT2D eigenvalue weighted by Crippen LogP contribution is -2.31. The third kappa shape index (κ3) is 3.68. The number of anilines is 1. The van der Waals surface area contributed by atoms with Gasteiger partial charge in [-0.3, -0.25) is 0 Å². The van der Waals surface area contributed by atoms with Crippen molar-refractivity contribution in [2.24, 2.45) is 5.73 Å². The van der Waals surface area contributed by atoms with Gasteiger partial charge in [-0.1, -0.05) is 60.7 Å². The second kappa shape index (κ2) is 7.90. The molecule has 3 aromatic rings. The molecule has 3 N–H and O–H groups in total. The molecule has 2 heterocycles. The van der Waals surface area contributed by atoms with Crippen LogP contribution in [0.25, 0.3) is 10.2 Å². The number of hydrogen-bond acceptors (Lipinski definition) is 4. The lowest BCUT2D eigenvalue weighted by Gasteiger charge is -2.28. The maximum Gasteiger partial charge on any atom is 0.131 e. The van der Waals surface area contributed by atoms with Gasteiger partial charge in [-0.2, -0.15) is 0 Å². The van der Waals surface area contributed by atoms with E-state index >= 15 is 0 Å². The Morgan fingerprint density at radius 2 is 2.04 bits per heavy atom. The molecule has 4 rings (SSSR count). The number of pyridine rings is 1. The van der Waals surface area contributed by atoms with Gasteiger partial charge in [0.25, 0.3) is 0 Å². The van der Waals surface area contributed by atoms with E-state index in [-0.39, 0.29) is 6.04 Å². The predicted molar refractivity (Wildman–Crippen MR) is 116 cm³/mol. The molecule has 0 amide bonds. The first kappa shape index (κ1) is 18.3. The van der Waals surface area contributed by atoms with E-state index in [2.05, 4.69) is 28.4 Å². The van der Waals surface area contributed by atoms with Crippen molar-refractivity contribution in [3.8, 4) is 12.3 Å². The zero-order valence-electron chi connectivity index (χ0n) is 15.0. The summed E-state index contributed by atoms with van der Waals surface area (Å²) in [7, 11) is 0. The standard InChI is InChI=1S/C22H22ClN3S/c1-2-15-20-22(27-21(15)16-10-6-7-11-17(16)24)18(12-19(23)26-20)25-13-14-8-4-3-5-9-14/h1,3-5,8-9,12,16-17H,6-7,10-11,13,24H2,(H,25,26)/t16-,17-/m0/s1. The Balaban J connectivity index is 1.75. The van der Waals surface area contributed by atoms with Crippen molar-refractivity contribution in [1.82, 2.24) is 4.98 Å². The van der Waals surface area contributed by atoms with Crippen molar-refractivity contribution >= 4 is 38.8 Å². The van der Waals surface area contributed by atoms with Crippen LogP contribution < -0.4 is 11.1 Å². The molecule has 0 saturated heterocycles. The highest BCUT2D eigenvalue weighted by molar-refractivity contribution is 7.20. The highest BCUT2D eigenvalue weighted by Gasteiger charge is 2.29. The molecule has 1 fully saturated rings. The minimum absolute atomic E-state index is 0.162. The Hall–Kier alpha value is -2.06. The zero-order chi connectivity index (χ0) is 18.8. The minimum Gasteiger partial charge on any atom is -0.380 e. The number of nitrogens with two attached hydrogens (primary N) is 1. The fourth-order valence-electron chi connectivity index (χ4n) is 3.86. The first-order valence-electron chi connectivity index (χ1n) is 9.30. The van der Waals surface area contributed by atoms with Crippen molar-refractivity contribution in [1.29, 1.82) is 0 Å². The van der Waals surface area contributed by atoms with Crippen molar-refractivity contribution in [2.75, 3.05) is 5.32 Å². The number of nitrogens with one attached hydrogen (secondary N) is 1. The molecule has 0 spiro atoms. The number of benzene rings is 1. The molecular weight excluding hydrogens is 374 g/mol. The summed E-state index contributed by atoms with van der Waals surface area (Å²) in [5.74, 6) is 3.18. The Morgan fingerprint density at radius 1 is 1.26 bits per heavy atom. The molecule has 2 atom stereocenters.